The van der Waals surface area contributed by atoms with Gasteiger partial charge in [0.05, 0.1) is 20.2 Å². The molecule has 1 aliphatic rings. The lowest BCUT2D eigenvalue weighted by Gasteiger charge is -2.38. The van der Waals surface area contributed by atoms with Crippen LogP contribution in [0.3, 0.4) is 0 Å². The molecule has 2 rings (SSSR count). The zero-order valence-electron chi connectivity index (χ0n) is 9.18. The van der Waals surface area contributed by atoms with Crippen molar-refractivity contribution in [2.24, 2.45) is 0 Å². The molecule has 85 valence electrons. The first-order valence-corrected chi connectivity index (χ1v) is 5.10. The maximum absolute atomic E-state index is 10.9. The highest BCUT2D eigenvalue weighted by atomic mass is 16.5. The number of carbonyl (C=O) groups is 1. The molecule has 0 aliphatic carbocycles. The Hall–Kier alpha value is -1.71. The third-order valence-corrected chi connectivity index (χ3v) is 2.56. The molecule has 0 spiro atoms. The fourth-order valence-corrected chi connectivity index (χ4v) is 1.56. The molecule has 0 unspecified atom stereocenters. The summed E-state index contributed by atoms with van der Waals surface area (Å²) in [6.45, 7) is 4.58. The third kappa shape index (κ3) is 2.27. The molecule has 1 heterocycles. The number of ether oxygens (including phenoxy) is 2. The van der Waals surface area contributed by atoms with Crippen molar-refractivity contribution in [2.75, 3.05) is 20.2 Å². The van der Waals surface area contributed by atoms with Gasteiger partial charge in [-0.15, -0.1) is 0 Å². The Labute approximate surface area is 94.8 Å². The van der Waals surface area contributed by atoms with Gasteiger partial charge in [0.2, 0.25) is 5.91 Å². The van der Waals surface area contributed by atoms with Crippen LogP contribution in [0.2, 0.25) is 0 Å². The van der Waals surface area contributed by atoms with Gasteiger partial charge in [0.1, 0.15) is 17.6 Å². The zero-order chi connectivity index (χ0) is 11.5. The highest BCUT2D eigenvalue weighted by Gasteiger charge is 2.30. The van der Waals surface area contributed by atoms with Crippen molar-refractivity contribution in [1.82, 2.24) is 4.90 Å². The minimum Gasteiger partial charge on any atom is -0.497 e. The number of likely N-dealkylation sites (tertiary alicyclic amines) is 1. The van der Waals surface area contributed by atoms with Crippen LogP contribution in [0.15, 0.2) is 24.3 Å². The number of amides is 1. The van der Waals surface area contributed by atoms with E-state index >= 15 is 0 Å². The molecule has 0 aromatic heterocycles. The molecule has 1 aromatic carbocycles. The normalized spacial score (nSPS) is 15.5. The van der Waals surface area contributed by atoms with Crippen molar-refractivity contribution in [3.8, 4) is 11.5 Å². The Kier molecular flexibility index (Phi) is 2.99. The van der Waals surface area contributed by atoms with Crippen LogP contribution in [0.1, 0.15) is 0 Å². The molecule has 4 nitrogen and oxygen atoms in total. The summed E-state index contributed by atoms with van der Waals surface area (Å²) in [7, 11) is 1.62. The van der Waals surface area contributed by atoms with E-state index in [1.807, 2.05) is 24.3 Å². The van der Waals surface area contributed by atoms with Crippen LogP contribution >= 0.6 is 0 Å². The second kappa shape index (κ2) is 4.43. The van der Waals surface area contributed by atoms with Crippen molar-refractivity contribution < 1.29 is 14.3 Å². The largest absolute Gasteiger partial charge is 0.497 e. The van der Waals surface area contributed by atoms with Crippen LogP contribution in [-0.2, 0) is 4.79 Å². The molecular formula is C12H14NO3. The van der Waals surface area contributed by atoms with Gasteiger partial charge in [0, 0.05) is 6.92 Å². The number of rotatable bonds is 3. The molecule has 0 saturated carbocycles. The zero-order valence-corrected chi connectivity index (χ0v) is 9.18. The van der Waals surface area contributed by atoms with E-state index in [1.165, 1.54) is 0 Å². The number of hydrogen-bond donors (Lipinski definition) is 0. The molecule has 1 saturated heterocycles. The van der Waals surface area contributed by atoms with Crippen LogP contribution in [0, 0.1) is 6.92 Å². The number of benzene rings is 1. The maximum Gasteiger partial charge on any atom is 0.223 e. The molecule has 0 N–H and O–H groups in total. The molecular weight excluding hydrogens is 206 g/mol. The van der Waals surface area contributed by atoms with Gasteiger partial charge in [0.25, 0.3) is 0 Å². The topological polar surface area (TPSA) is 38.8 Å². The first-order valence-electron chi connectivity index (χ1n) is 5.10. The second-order valence-electron chi connectivity index (χ2n) is 3.71. The number of methoxy groups -OCH3 is 1. The Morgan fingerprint density at radius 2 is 1.88 bits per heavy atom. The quantitative estimate of drug-likeness (QED) is 0.766. The summed E-state index contributed by atoms with van der Waals surface area (Å²) in [4.78, 5) is 12.5. The minimum atomic E-state index is -0.144. The molecule has 1 amide bonds. The van der Waals surface area contributed by atoms with E-state index in [-0.39, 0.29) is 12.0 Å². The fourth-order valence-electron chi connectivity index (χ4n) is 1.56. The van der Waals surface area contributed by atoms with Gasteiger partial charge >= 0.3 is 0 Å². The van der Waals surface area contributed by atoms with E-state index in [2.05, 4.69) is 6.92 Å². The van der Waals surface area contributed by atoms with Crippen molar-refractivity contribution in [1.29, 1.82) is 0 Å². The lowest BCUT2D eigenvalue weighted by Crippen LogP contribution is -2.55. The third-order valence-electron chi connectivity index (χ3n) is 2.56. The van der Waals surface area contributed by atoms with Crippen LogP contribution in [0.5, 0.6) is 11.5 Å². The predicted octanol–water partition coefficient (Wildman–Crippen LogP) is 1.12. The number of nitrogens with zero attached hydrogens (tertiary/aromatic N) is 1. The van der Waals surface area contributed by atoms with Crippen LogP contribution < -0.4 is 9.47 Å². The smallest absolute Gasteiger partial charge is 0.223 e. The van der Waals surface area contributed by atoms with Crippen molar-refractivity contribution in [2.45, 2.75) is 6.10 Å². The lowest BCUT2D eigenvalue weighted by atomic mass is 10.1. The molecule has 1 aliphatic heterocycles. The van der Waals surface area contributed by atoms with Gasteiger partial charge < -0.3 is 14.4 Å². The van der Waals surface area contributed by atoms with E-state index < -0.39 is 0 Å². The average Bonchev–Trinajstić information content (AvgIpc) is 2.23. The Morgan fingerprint density at radius 3 is 2.38 bits per heavy atom. The predicted molar refractivity (Wildman–Crippen MR) is 59.3 cm³/mol. The second-order valence-corrected chi connectivity index (χ2v) is 3.71. The van der Waals surface area contributed by atoms with E-state index in [4.69, 9.17) is 9.47 Å². The highest BCUT2D eigenvalue weighted by Crippen LogP contribution is 2.21. The molecule has 1 fully saturated rings. The molecule has 0 atom stereocenters. The Morgan fingerprint density at radius 1 is 1.31 bits per heavy atom. The van der Waals surface area contributed by atoms with E-state index in [0.29, 0.717) is 13.1 Å². The summed E-state index contributed by atoms with van der Waals surface area (Å²) in [6.07, 6.45) is 0.0825. The van der Waals surface area contributed by atoms with Crippen LogP contribution in [0.4, 0.5) is 0 Å². The summed E-state index contributed by atoms with van der Waals surface area (Å²) in [6, 6.07) is 7.40. The van der Waals surface area contributed by atoms with Crippen molar-refractivity contribution >= 4 is 5.91 Å². The molecule has 4 heteroatoms. The van der Waals surface area contributed by atoms with Gasteiger partial charge in [-0.3, -0.25) is 4.79 Å². The minimum absolute atomic E-state index is 0.0825. The Balaban J connectivity index is 1.84. The van der Waals surface area contributed by atoms with Crippen molar-refractivity contribution in [3.63, 3.8) is 0 Å². The SMILES string of the molecule is [CH2]C(=O)N1CC(Oc2ccc(OC)cc2)C1. The van der Waals surface area contributed by atoms with Crippen molar-refractivity contribution in [3.05, 3.63) is 31.2 Å². The molecule has 1 aromatic rings. The highest BCUT2D eigenvalue weighted by molar-refractivity contribution is 5.81. The first-order chi connectivity index (χ1) is 7.69. The summed E-state index contributed by atoms with van der Waals surface area (Å²) in [5.41, 5.74) is 0. The van der Waals surface area contributed by atoms with Crippen LogP contribution in [0.25, 0.3) is 0 Å². The molecule has 1 radical (unpaired) electrons. The standard InChI is InChI=1S/C12H14NO3/c1-9(14)13-7-12(8-13)16-11-5-3-10(15-2)4-6-11/h3-6,12H,1,7-8H2,2H3. The monoisotopic (exact) mass is 220 g/mol. The fraction of sp³-hybridized carbons (Fsp3) is 0.333. The van der Waals surface area contributed by atoms with E-state index in [9.17, 15) is 4.79 Å². The summed E-state index contributed by atoms with van der Waals surface area (Å²) in [5, 5.41) is 0. The van der Waals surface area contributed by atoms with E-state index in [1.54, 1.807) is 12.0 Å². The lowest BCUT2D eigenvalue weighted by molar-refractivity contribution is -0.134. The van der Waals surface area contributed by atoms with Crippen LogP contribution in [-0.4, -0.2) is 37.1 Å². The average molecular weight is 220 g/mol. The van der Waals surface area contributed by atoms with Gasteiger partial charge in [-0.2, -0.15) is 0 Å². The molecule has 16 heavy (non-hydrogen) atoms. The van der Waals surface area contributed by atoms with Gasteiger partial charge in [0.15, 0.2) is 0 Å². The van der Waals surface area contributed by atoms with Gasteiger partial charge in [-0.25, -0.2) is 0 Å². The van der Waals surface area contributed by atoms with Gasteiger partial charge in [-0.05, 0) is 24.3 Å². The molecule has 0 bridgehead atoms. The first kappa shape index (κ1) is 10.8. The summed E-state index contributed by atoms with van der Waals surface area (Å²) >= 11 is 0. The van der Waals surface area contributed by atoms with E-state index in [0.717, 1.165) is 11.5 Å². The number of carbonyl (C=O) groups excluding carboxylic acids is 1. The summed E-state index contributed by atoms with van der Waals surface area (Å²) in [5.74, 6) is 1.45. The summed E-state index contributed by atoms with van der Waals surface area (Å²) < 4.78 is 10.7. The van der Waals surface area contributed by atoms with Gasteiger partial charge in [-0.1, -0.05) is 0 Å². The number of hydrogen-bond acceptors (Lipinski definition) is 3. The maximum atomic E-state index is 10.9. The Bertz CT molecular complexity index is 368.